The maximum absolute atomic E-state index is 10.6. The van der Waals surface area contributed by atoms with Gasteiger partial charge in [0.15, 0.2) is 0 Å². The predicted octanol–water partition coefficient (Wildman–Crippen LogP) is 0.615. The Balaban J connectivity index is 2.70. The van der Waals surface area contributed by atoms with Gasteiger partial charge in [-0.1, -0.05) is 0 Å². The van der Waals surface area contributed by atoms with Gasteiger partial charge in [-0.05, 0) is 12.1 Å². The number of aromatic nitrogens is 2. The summed E-state index contributed by atoms with van der Waals surface area (Å²) in [7, 11) is 0. The molecule has 0 aromatic carbocycles. The Labute approximate surface area is 73.4 Å². The number of carboxylic acid groups (broad SMARTS) is 1. The minimum Gasteiger partial charge on any atom is -0.478 e. The number of anilines is 1. The van der Waals surface area contributed by atoms with Gasteiger partial charge < -0.3 is 10.8 Å². The fraction of sp³-hybridized carbons (Fsp3) is 0. The lowest BCUT2D eigenvalue weighted by atomic mass is 10.2. The number of carbonyl (C=O) groups is 1. The average Bonchev–Trinajstić information content (AvgIpc) is 2.47. The molecular weight excluding hydrogens is 170 g/mol. The molecule has 5 nitrogen and oxygen atoms in total. The van der Waals surface area contributed by atoms with Gasteiger partial charge >= 0.3 is 5.97 Å². The summed E-state index contributed by atoms with van der Waals surface area (Å²) in [6, 6.07) is 3.00. The van der Waals surface area contributed by atoms with Crippen molar-refractivity contribution in [3.8, 4) is 0 Å². The largest absolute Gasteiger partial charge is 0.478 e. The van der Waals surface area contributed by atoms with Gasteiger partial charge in [0.2, 0.25) is 5.95 Å². The van der Waals surface area contributed by atoms with E-state index in [1.165, 1.54) is 18.3 Å². The number of hydrogen-bond acceptors (Lipinski definition) is 3. The highest BCUT2D eigenvalue weighted by Gasteiger charge is 2.04. The van der Waals surface area contributed by atoms with Crippen molar-refractivity contribution in [1.29, 1.82) is 0 Å². The third kappa shape index (κ3) is 1.10. The molecule has 13 heavy (non-hydrogen) atoms. The molecule has 2 heterocycles. The molecule has 2 rings (SSSR count). The summed E-state index contributed by atoms with van der Waals surface area (Å²) < 4.78 is 1.62. The van der Waals surface area contributed by atoms with Gasteiger partial charge in [0.05, 0.1) is 17.3 Å². The summed E-state index contributed by atoms with van der Waals surface area (Å²) >= 11 is 0. The number of carboxylic acids is 1. The Hall–Kier alpha value is -2.04. The number of nitrogens with zero attached hydrogens (tertiary/aromatic N) is 2. The Morgan fingerprint density at radius 1 is 1.62 bits per heavy atom. The van der Waals surface area contributed by atoms with Gasteiger partial charge in [-0.2, -0.15) is 0 Å². The van der Waals surface area contributed by atoms with Crippen LogP contribution in [0.4, 0.5) is 5.95 Å². The Morgan fingerprint density at radius 2 is 2.38 bits per heavy atom. The molecule has 0 radical (unpaired) electrons. The monoisotopic (exact) mass is 177 g/mol. The molecule has 2 aromatic heterocycles. The van der Waals surface area contributed by atoms with E-state index in [0.717, 1.165) is 0 Å². The minimum atomic E-state index is -0.956. The average molecular weight is 177 g/mol. The van der Waals surface area contributed by atoms with E-state index in [0.29, 0.717) is 11.5 Å². The van der Waals surface area contributed by atoms with Crippen molar-refractivity contribution < 1.29 is 9.90 Å². The van der Waals surface area contributed by atoms with Crippen molar-refractivity contribution in [2.75, 3.05) is 5.73 Å². The SMILES string of the molecule is Nc1ncc2cc(C(=O)O)ccn12. The van der Waals surface area contributed by atoms with Crippen LogP contribution in [0.3, 0.4) is 0 Å². The van der Waals surface area contributed by atoms with Gasteiger partial charge in [0, 0.05) is 6.20 Å². The third-order valence-electron chi connectivity index (χ3n) is 1.81. The van der Waals surface area contributed by atoms with Gasteiger partial charge in [0.25, 0.3) is 0 Å². The quantitative estimate of drug-likeness (QED) is 0.668. The molecule has 0 aliphatic heterocycles. The zero-order valence-electron chi connectivity index (χ0n) is 6.64. The minimum absolute atomic E-state index is 0.229. The molecule has 66 valence electrons. The Morgan fingerprint density at radius 3 is 3.08 bits per heavy atom. The van der Waals surface area contributed by atoms with E-state index in [1.54, 1.807) is 10.6 Å². The predicted molar refractivity (Wildman–Crippen MR) is 46.6 cm³/mol. The molecule has 0 spiro atoms. The van der Waals surface area contributed by atoms with E-state index < -0.39 is 5.97 Å². The van der Waals surface area contributed by atoms with E-state index in [1.807, 2.05) is 0 Å². The molecule has 3 N–H and O–H groups in total. The van der Waals surface area contributed by atoms with Crippen molar-refractivity contribution >= 4 is 17.4 Å². The lowest BCUT2D eigenvalue weighted by Gasteiger charge is -1.97. The number of aromatic carboxylic acids is 1. The van der Waals surface area contributed by atoms with E-state index in [-0.39, 0.29) is 5.56 Å². The van der Waals surface area contributed by atoms with Crippen LogP contribution in [-0.4, -0.2) is 20.5 Å². The van der Waals surface area contributed by atoms with Crippen LogP contribution in [0.1, 0.15) is 10.4 Å². The Kier molecular flexibility index (Phi) is 1.45. The molecule has 2 aromatic rings. The molecular formula is C8H7N3O2. The van der Waals surface area contributed by atoms with Crippen LogP contribution in [0.5, 0.6) is 0 Å². The first-order valence-corrected chi connectivity index (χ1v) is 3.64. The summed E-state index contributed by atoms with van der Waals surface area (Å²) in [5.41, 5.74) is 6.41. The van der Waals surface area contributed by atoms with Crippen molar-refractivity contribution in [3.63, 3.8) is 0 Å². The highest BCUT2D eigenvalue weighted by molar-refractivity contribution is 5.89. The molecule has 0 bridgehead atoms. The fourth-order valence-electron chi connectivity index (χ4n) is 1.15. The second-order valence-corrected chi connectivity index (χ2v) is 2.63. The summed E-state index contributed by atoms with van der Waals surface area (Å²) in [6.45, 7) is 0. The van der Waals surface area contributed by atoms with Crippen LogP contribution in [-0.2, 0) is 0 Å². The first-order chi connectivity index (χ1) is 6.18. The first kappa shape index (κ1) is 7.60. The molecule has 5 heteroatoms. The van der Waals surface area contributed by atoms with Crippen LogP contribution in [0.25, 0.3) is 5.52 Å². The van der Waals surface area contributed by atoms with Crippen LogP contribution in [0, 0.1) is 0 Å². The van der Waals surface area contributed by atoms with Crippen LogP contribution >= 0.6 is 0 Å². The normalized spacial score (nSPS) is 10.5. The maximum Gasteiger partial charge on any atom is 0.335 e. The number of rotatable bonds is 1. The molecule has 0 fully saturated rings. The topological polar surface area (TPSA) is 80.6 Å². The highest BCUT2D eigenvalue weighted by Crippen LogP contribution is 2.10. The van der Waals surface area contributed by atoms with E-state index in [4.69, 9.17) is 10.8 Å². The Bertz CT molecular complexity index is 475. The molecule has 0 saturated carbocycles. The van der Waals surface area contributed by atoms with Crippen molar-refractivity contribution in [2.45, 2.75) is 0 Å². The number of fused-ring (bicyclic) bond motifs is 1. The zero-order valence-corrected chi connectivity index (χ0v) is 6.64. The fourth-order valence-corrected chi connectivity index (χ4v) is 1.15. The van der Waals surface area contributed by atoms with Crippen molar-refractivity contribution in [2.24, 2.45) is 0 Å². The van der Waals surface area contributed by atoms with Gasteiger partial charge in [-0.15, -0.1) is 0 Å². The number of pyridine rings is 1. The second-order valence-electron chi connectivity index (χ2n) is 2.63. The first-order valence-electron chi connectivity index (χ1n) is 3.64. The van der Waals surface area contributed by atoms with Gasteiger partial charge in [0.1, 0.15) is 0 Å². The van der Waals surface area contributed by atoms with Gasteiger partial charge in [-0.25, -0.2) is 9.78 Å². The van der Waals surface area contributed by atoms with E-state index >= 15 is 0 Å². The van der Waals surface area contributed by atoms with Crippen LogP contribution in [0.2, 0.25) is 0 Å². The summed E-state index contributed by atoms with van der Waals surface area (Å²) in [4.78, 5) is 14.4. The maximum atomic E-state index is 10.6. The second kappa shape index (κ2) is 2.48. The summed E-state index contributed by atoms with van der Waals surface area (Å²) in [5, 5.41) is 8.69. The molecule has 0 aliphatic carbocycles. The van der Waals surface area contributed by atoms with Crippen LogP contribution in [0.15, 0.2) is 24.5 Å². The molecule has 0 aliphatic rings. The molecule has 0 saturated heterocycles. The summed E-state index contributed by atoms with van der Waals surface area (Å²) in [6.07, 6.45) is 3.11. The van der Waals surface area contributed by atoms with Crippen LogP contribution < -0.4 is 5.73 Å². The summed E-state index contributed by atoms with van der Waals surface area (Å²) in [5.74, 6) is -0.603. The number of imidazole rings is 1. The third-order valence-corrected chi connectivity index (χ3v) is 1.81. The lowest BCUT2D eigenvalue weighted by molar-refractivity contribution is 0.0697. The van der Waals surface area contributed by atoms with E-state index in [9.17, 15) is 4.79 Å². The van der Waals surface area contributed by atoms with E-state index in [2.05, 4.69) is 4.98 Å². The van der Waals surface area contributed by atoms with Gasteiger partial charge in [-0.3, -0.25) is 4.40 Å². The number of nitrogen functional groups attached to an aromatic ring is 1. The molecule has 0 unspecified atom stereocenters. The number of hydrogen-bond donors (Lipinski definition) is 2. The zero-order chi connectivity index (χ0) is 9.42. The number of nitrogens with two attached hydrogens (primary N) is 1. The van der Waals surface area contributed by atoms with Crippen molar-refractivity contribution in [1.82, 2.24) is 9.38 Å². The highest BCUT2D eigenvalue weighted by atomic mass is 16.4. The van der Waals surface area contributed by atoms with Crippen molar-refractivity contribution in [3.05, 3.63) is 30.1 Å². The molecule has 0 amide bonds. The molecule has 0 atom stereocenters. The standard InChI is InChI=1S/C8H7N3O2/c9-8-10-4-6-3-5(7(12)13)1-2-11(6)8/h1-4H,(H2,9,10)(H,12,13). The lowest BCUT2D eigenvalue weighted by Crippen LogP contribution is -1.98. The smallest absolute Gasteiger partial charge is 0.335 e.